The van der Waals surface area contributed by atoms with Crippen LogP contribution in [0.15, 0.2) is 0 Å². The van der Waals surface area contributed by atoms with Crippen LogP contribution in [0.1, 0.15) is 44.9 Å². The maximum Gasteiger partial charge on any atom is 0.300 e. The number of nitrogens with zero attached hydrogens (tertiary/aromatic N) is 2. The summed E-state index contributed by atoms with van der Waals surface area (Å²) in [6.07, 6.45) is 7.90. The van der Waals surface area contributed by atoms with Crippen LogP contribution in [0.2, 0.25) is 0 Å². The fraction of sp³-hybridized carbons (Fsp3) is 0.846. The molecule has 4 heteroatoms. The standard InChI is InChI=1S/C13H21N3O/c1-14-12-8-5-9-16(12)13(17)10-15-11-6-3-2-4-7-11/h11-12,15H,2-10H2/t12-/m0/s1. The van der Waals surface area contributed by atoms with Gasteiger partial charge in [0.2, 0.25) is 5.91 Å². The lowest BCUT2D eigenvalue weighted by molar-refractivity contribution is -0.130. The van der Waals surface area contributed by atoms with E-state index in [2.05, 4.69) is 10.2 Å². The zero-order valence-electron chi connectivity index (χ0n) is 10.3. The van der Waals surface area contributed by atoms with Gasteiger partial charge in [0.1, 0.15) is 0 Å². The van der Waals surface area contributed by atoms with E-state index in [0.717, 1.165) is 19.4 Å². The lowest BCUT2D eigenvalue weighted by atomic mass is 9.95. The lowest BCUT2D eigenvalue weighted by Crippen LogP contribution is -2.43. The van der Waals surface area contributed by atoms with E-state index in [1.165, 1.54) is 32.1 Å². The maximum atomic E-state index is 12.0. The molecule has 0 aromatic heterocycles. The van der Waals surface area contributed by atoms with Crippen molar-refractivity contribution in [2.45, 2.75) is 57.2 Å². The third-order valence-corrected chi connectivity index (χ3v) is 3.84. The quantitative estimate of drug-likeness (QED) is 0.757. The fourth-order valence-corrected chi connectivity index (χ4v) is 2.81. The van der Waals surface area contributed by atoms with Crippen molar-refractivity contribution in [2.75, 3.05) is 13.1 Å². The van der Waals surface area contributed by atoms with E-state index < -0.39 is 0 Å². The van der Waals surface area contributed by atoms with E-state index >= 15 is 0 Å². The Hall–Kier alpha value is -1.08. The van der Waals surface area contributed by atoms with Crippen LogP contribution in [0.25, 0.3) is 4.85 Å². The van der Waals surface area contributed by atoms with Gasteiger partial charge in [-0.1, -0.05) is 19.3 Å². The molecule has 2 fully saturated rings. The van der Waals surface area contributed by atoms with Crippen LogP contribution in [-0.4, -0.2) is 36.1 Å². The highest BCUT2D eigenvalue weighted by Crippen LogP contribution is 2.19. The molecule has 94 valence electrons. The smallest absolute Gasteiger partial charge is 0.300 e. The van der Waals surface area contributed by atoms with Crippen LogP contribution in [0, 0.1) is 6.57 Å². The molecule has 17 heavy (non-hydrogen) atoms. The Bertz CT molecular complexity index is 304. The summed E-state index contributed by atoms with van der Waals surface area (Å²) in [6.45, 7) is 8.24. The highest BCUT2D eigenvalue weighted by Gasteiger charge is 2.32. The van der Waals surface area contributed by atoms with Crippen molar-refractivity contribution >= 4 is 5.91 Å². The van der Waals surface area contributed by atoms with Gasteiger partial charge in [-0.25, -0.2) is 6.57 Å². The molecule has 2 aliphatic rings. The molecular formula is C13H21N3O. The van der Waals surface area contributed by atoms with E-state index in [0.29, 0.717) is 12.6 Å². The summed E-state index contributed by atoms with van der Waals surface area (Å²) in [5.74, 6) is 0.106. The molecule has 1 aliphatic heterocycles. The third-order valence-electron chi connectivity index (χ3n) is 3.84. The highest BCUT2D eigenvalue weighted by atomic mass is 16.2. The molecule has 1 atom stereocenters. The van der Waals surface area contributed by atoms with Gasteiger partial charge in [-0.05, 0) is 19.3 Å². The first kappa shape index (κ1) is 12.4. The Kier molecular flexibility index (Phi) is 4.38. The van der Waals surface area contributed by atoms with E-state index in [1.807, 2.05) is 0 Å². The number of nitrogens with one attached hydrogen (secondary N) is 1. The molecule has 0 bridgehead atoms. The molecule has 1 N–H and O–H groups in total. The summed E-state index contributed by atoms with van der Waals surface area (Å²) < 4.78 is 0. The minimum Gasteiger partial charge on any atom is -0.306 e. The normalized spacial score (nSPS) is 25.8. The van der Waals surface area contributed by atoms with Gasteiger partial charge < -0.3 is 5.32 Å². The van der Waals surface area contributed by atoms with Gasteiger partial charge in [0.25, 0.3) is 0 Å². The average Bonchev–Trinajstić information content (AvgIpc) is 2.85. The third kappa shape index (κ3) is 3.19. The zero-order valence-corrected chi connectivity index (χ0v) is 10.3. The number of amides is 1. The predicted octanol–water partition coefficient (Wildman–Crippen LogP) is 1.78. The maximum absolute atomic E-state index is 12.0. The number of carbonyl (C=O) groups is 1. The first-order valence-electron chi connectivity index (χ1n) is 6.70. The molecule has 1 saturated carbocycles. The number of hydrogen-bond donors (Lipinski definition) is 1. The van der Waals surface area contributed by atoms with Crippen molar-refractivity contribution in [3.8, 4) is 0 Å². The molecule has 0 aromatic carbocycles. The summed E-state index contributed by atoms with van der Waals surface area (Å²) in [6, 6.07) is 0.515. The van der Waals surface area contributed by atoms with Crippen molar-refractivity contribution in [1.29, 1.82) is 0 Å². The van der Waals surface area contributed by atoms with Crippen LogP contribution in [0.3, 0.4) is 0 Å². The fourth-order valence-electron chi connectivity index (χ4n) is 2.81. The Morgan fingerprint density at radius 1 is 1.24 bits per heavy atom. The van der Waals surface area contributed by atoms with Gasteiger partial charge in [-0.15, -0.1) is 0 Å². The summed E-state index contributed by atoms with van der Waals surface area (Å²) in [5, 5.41) is 3.35. The van der Waals surface area contributed by atoms with Crippen LogP contribution < -0.4 is 5.32 Å². The summed E-state index contributed by atoms with van der Waals surface area (Å²) in [7, 11) is 0. The Labute approximate surface area is 103 Å². The van der Waals surface area contributed by atoms with Crippen LogP contribution >= 0.6 is 0 Å². The van der Waals surface area contributed by atoms with Gasteiger partial charge in [-0.2, -0.15) is 0 Å². The Morgan fingerprint density at radius 2 is 2.00 bits per heavy atom. The van der Waals surface area contributed by atoms with Crippen molar-refractivity contribution in [3.63, 3.8) is 0 Å². The number of likely N-dealkylation sites (tertiary alicyclic amines) is 1. The minimum absolute atomic E-state index is 0.106. The number of rotatable bonds is 3. The molecule has 1 saturated heterocycles. The summed E-state index contributed by atoms with van der Waals surface area (Å²) in [4.78, 5) is 17.2. The van der Waals surface area contributed by atoms with E-state index in [4.69, 9.17) is 6.57 Å². The molecule has 1 heterocycles. The SMILES string of the molecule is [C-]#[N+][C@@H]1CCCN1C(=O)CNC1CCCCC1. The predicted molar refractivity (Wildman–Crippen MR) is 66.2 cm³/mol. The van der Waals surface area contributed by atoms with E-state index in [1.54, 1.807) is 4.90 Å². The first-order chi connectivity index (χ1) is 8.31. The Balaban J connectivity index is 1.75. The van der Waals surface area contributed by atoms with Crippen molar-refractivity contribution in [1.82, 2.24) is 10.2 Å². The van der Waals surface area contributed by atoms with Crippen molar-refractivity contribution in [3.05, 3.63) is 11.4 Å². The molecule has 0 radical (unpaired) electrons. The second-order valence-corrected chi connectivity index (χ2v) is 5.05. The average molecular weight is 235 g/mol. The molecular weight excluding hydrogens is 214 g/mol. The molecule has 1 amide bonds. The topological polar surface area (TPSA) is 36.7 Å². The van der Waals surface area contributed by atoms with Crippen LogP contribution in [0.5, 0.6) is 0 Å². The van der Waals surface area contributed by atoms with E-state index in [9.17, 15) is 4.79 Å². The minimum atomic E-state index is -0.198. The molecule has 1 aliphatic carbocycles. The number of hydrogen-bond acceptors (Lipinski definition) is 2. The van der Waals surface area contributed by atoms with Crippen molar-refractivity contribution in [2.24, 2.45) is 0 Å². The van der Waals surface area contributed by atoms with Gasteiger partial charge in [0, 0.05) is 19.0 Å². The van der Waals surface area contributed by atoms with E-state index in [-0.39, 0.29) is 12.1 Å². The first-order valence-corrected chi connectivity index (χ1v) is 6.70. The molecule has 4 nitrogen and oxygen atoms in total. The molecule has 0 aromatic rings. The second kappa shape index (κ2) is 6.02. The van der Waals surface area contributed by atoms with Gasteiger partial charge in [0.15, 0.2) is 0 Å². The largest absolute Gasteiger partial charge is 0.306 e. The van der Waals surface area contributed by atoms with Crippen molar-refractivity contribution < 1.29 is 4.79 Å². The zero-order chi connectivity index (χ0) is 12.1. The summed E-state index contributed by atoms with van der Waals surface area (Å²) in [5.41, 5.74) is 0. The molecule has 2 rings (SSSR count). The molecule has 0 spiro atoms. The number of carbonyl (C=O) groups excluding carboxylic acids is 1. The second-order valence-electron chi connectivity index (χ2n) is 5.05. The van der Waals surface area contributed by atoms with Crippen LogP contribution in [-0.2, 0) is 4.79 Å². The van der Waals surface area contributed by atoms with Gasteiger partial charge in [0.05, 0.1) is 6.54 Å². The Morgan fingerprint density at radius 3 is 2.71 bits per heavy atom. The lowest BCUT2D eigenvalue weighted by Gasteiger charge is -2.24. The monoisotopic (exact) mass is 235 g/mol. The van der Waals surface area contributed by atoms with Gasteiger partial charge in [-0.3, -0.25) is 14.5 Å². The summed E-state index contributed by atoms with van der Waals surface area (Å²) >= 11 is 0. The van der Waals surface area contributed by atoms with Gasteiger partial charge >= 0.3 is 6.17 Å². The molecule has 0 unspecified atom stereocenters. The van der Waals surface area contributed by atoms with Crippen LogP contribution in [0.4, 0.5) is 0 Å². The highest BCUT2D eigenvalue weighted by molar-refractivity contribution is 5.79.